The molecular weight excluding hydrogens is 326 g/mol. The summed E-state index contributed by atoms with van der Waals surface area (Å²) in [6, 6.07) is 14.9. The number of pyridine rings is 1. The predicted molar refractivity (Wildman–Crippen MR) is 102 cm³/mol. The maximum absolute atomic E-state index is 12.7. The number of aromatic nitrogens is 2. The molecule has 4 rings (SSSR count). The summed E-state index contributed by atoms with van der Waals surface area (Å²) in [4.78, 5) is 31.7. The minimum atomic E-state index is -0.0801. The lowest BCUT2D eigenvalue weighted by molar-refractivity contribution is 0.0900. The summed E-state index contributed by atoms with van der Waals surface area (Å²) < 4.78 is 1.54. The van der Waals surface area contributed by atoms with E-state index >= 15 is 0 Å². The molecule has 0 atom stereocenters. The number of nitrogens with zero attached hydrogens (tertiary/aromatic N) is 3. The van der Waals surface area contributed by atoms with Crippen molar-refractivity contribution in [3.8, 4) is 0 Å². The van der Waals surface area contributed by atoms with Gasteiger partial charge in [-0.15, -0.1) is 0 Å². The predicted octanol–water partition coefficient (Wildman–Crippen LogP) is 3.10. The Labute approximate surface area is 151 Å². The number of anilines is 1. The molecule has 0 spiro atoms. The third-order valence-electron chi connectivity index (χ3n) is 5.08. The second-order valence-corrected chi connectivity index (χ2v) is 6.87. The molecule has 3 heterocycles. The first-order valence-corrected chi connectivity index (χ1v) is 8.96. The number of piperidine rings is 1. The smallest absolute Gasteiger partial charge is 0.259 e. The van der Waals surface area contributed by atoms with Crippen LogP contribution in [-0.4, -0.2) is 28.3 Å². The van der Waals surface area contributed by atoms with E-state index in [0.29, 0.717) is 11.5 Å². The number of carbonyl (C=O) groups is 1. The SMILES string of the molecule is Cc1ccc(C(=O)C2CCN(c3cc(=O)n4ccccc4n3)CC2)cc1. The fraction of sp³-hybridized carbons (Fsp3) is 0.286. The van der Waals surface area contributed by atoms with E-state index in [4.69, 9.17) is 0 Å². The van der Waals surface area contributed by atoms with Crippen LogP contribution in [0.2, 0.25) is 0 Å². The van der Waals surface area contributed by atoms with Crippen LogP contribution in [-0.2, 0) is 0 Å². The zero-order chi connectivity index (χ0) is 18.1. The van der Waals surface area contributed by atoms with Gasteiger partial charge in [-0.3, -0.25) is 14.0 Å². The second kappa shape index (κ2) is 6.75. The van der Waals surface area contributed by atoms with Gasteiger partial charge < -0.3 is 4.90 Å². The van der Waals surface area contributed by atoms with Crippen LogP contribution in [0.1, 0.15) is 28.8 Å². The minimum absolute atomic E-state index is 0.0375. The Morgan fingerprint density at radius 2 is 1.81 bits per heavy atom. The number of carbonyl (C=O) groups excluding carboxylic acids is 1. The Hall–Kier alpha value is -2.95. The molecule has 3 aromatic rings. The minimum Gasteiger partial charge on any atom is -0.356 e. The van der Waals surface area contributed by atoms with Gasteiger partial charge >= 0.3 is 0 Å². The lowest BCUT2D eigenvalue weighted by Gasteiger charge is -2.32. The number of aryl methyl sites for hydroxylation is 1. The van der Waals surface area contributed by atoms with Crippen LogP contribution < -0.4 is 10.5 Å². The summed E-state index contributed by atoms with van der Waals surface area (Å²) in [5.74, 6) is 0.953. The third-order valence-corrected chi connectivity index (χ3v) is 5.08. The highest BCUT2D eigenvalue weighted by molar-refractivity contribution is 5.98. The van der Waals surface area contributed by atoms with Gasteiger partial charge in [-0.1, -0.05) is 35.9 Å². The molecule has 0 unspecified atom stereocenters. The molecule has 0 N–H and O–H groups in total. The molecule has 1 aliphatic rings. The Morgan fingerprint density at radius 3 is 2.54 bits per heavy atom. The number of ketones is 1. The van der Waals surface area contributed by atoms with E-state index in [1.54, 1.807) is 12.3 Å². The monoisotopic (exact) mass is 347 g/mol. The maximum atomic E-state index is 12.7. The van der Waals surface area contributed by atoms with E-state index in [9.17, 15) is 9.59 Å². The fourth-order valence-corrected chi connectivity index (χ4v) is 3.53. The van der Waals surface area contributed by atoms with E-state index in [-0.39, 0.29) is 17.3 Å². The summed E-state index contributed by atoms with van der Waals surface area (Å²) in [7, 11) is 0. The number of benzene rings is 1. The number of Topliss-reactive ketones (excluding diaryl/α,β-unsaturated/α-hetero) is 1. The van der Waals surface area contributed by atoms with E-state index in [1.807, 2.05) is 49.4 Å². The molecular formula is C21H21N3O2. The maximum Gasteiger partial charge on any atom is 0.259 e. The van der Waals surface area contributed by atoms with Crippen molar-refractivity contribution in [1.29, 1.82) is 0 Å². The van der Waals surface area contributed by atoms with Gasteiger partial charge in [0.05, 0.1) is 0 Å². The summed E-state index contributed by atoms with van der Waals surface area (Å²) in [6.07, 6.45) is 3.28. The lowest BCUT2D eigenvalue weighted by atomic mass is 9.88. The third kappa shape index (κ3) is 3.12. The Kier molecular flexibility index (Phi) is 4.29. The molecule has 0 amide bonds. The Bertz CT molecular complexity index is 1000. The van der Waals surface area contributed by atoms with E-state index in [1.165, 1.54) is 4.40 Å². The Balaban J connectivity index is 1.49. The molecule has 1 aliphatic heterocycles. The lowest BCUT2D eigenvalue weighted by Crippen LogP contribution is -2.37. The van der Waals surface area contributed by atoms with Crippen LogP contribution in [0.3, 0.4) is 0 Å². The van der Waals surface area contributed by atoms with Crippen molar-refractivity contribution in [3.05, 3.63) is 76.2 Å². The number of hydrogen-bond acceptors (Lipinski definition) is 4. The first-order chi connectivity index (χ1) is 12.6. The summed E-state index contributed by atoms with van der Waals surface area (Å²) in [6.45, 7) is 3.49. The van der Waals surface area contributed by atoms with Crippen LogP contribution in [0.5, 0.6) is 0 Å². The van der Waals surface area contributed by atoms with Crippen molar-refractivity contribution >= 4 is 17.2 Å². The molecule has 1 saturated heterocycles. The van der Waals surface area contributed by atoms with Gasteiger partial charge in [0.25, 0.3) is 5.56 Å². The van der Waals surface area contributed by atoms with Gasteiger partial charge in [-0.25, -0.2) is 4.98 Å². The van der Waals surface area contributed by atoms with Crippen molar-refractivity contribution in [1.82, 2.24) is 9.38 Å². The van der Waals surface area contributed by atoms with E-state index in [0.717, 1.165) is 37.1 Å². The van der Waals surface area contributed by atoms with Crippen molar-refractivity contribution in [2.75, 3.05) is 18.0 Å². The van der Waals surface area contributed by atoms with Crippen molar-refractivity contribution in [2.24, 2.45) is 5.92 Å². The van der Waals surface area contributed by atoms with Crippen molar-refractivity contribution < 1.29 is 4.79 Å². The van der Waals surface area contributed by atoms with Gasteiger partial charge in [-0.05, 0) is 31.9 Å². The normalized spacial score (nSPS) is 15.3. The molecule has 0 aliphatic carbocycles. The molecule has 132 valence electrons. The number of fused-ring (bicyclic) bond motifs is 1. The number of hydrogen-bond donors (Lipinski definition) is 0. The molecule has 0 saturated carbocycles. The standard InChI is InChI=1S/C21H21N3O2/c1-15-5-7-16(8-6-15)21(26)17-9-12-23(13-10-17)19-14-20(25)24-11-3-2-4-18(24)22-19/h2-8,11,14,17H,9-10,12-13H2,1H3. The number of rotatable bonds is 3. The van der Waals surface area contributed by atoms with Gasteiger partial charge in [-0.2, -0.15) is 0 Å². The van der Waals surface area contributed by atoms with Gasteiger partial charge in [0.1, 0.15) is 11.5 Å². The van der Waals surface area contributed by atoms with Crippen LogP contribution in [0.25, 0.3) is 5.65 Å². The molecule has 1 fully saturated rings. The van der Waals surface area contributed by atoms with Gasteiger partial charge in [0, 0.05) is 36.8 Å². The average molecular weight is 347 g/mol. The highest BCUT2D eigenvalue weighted by Crippen LogP contribution is 2.24. The highest BCUT2D eigenvalue weighted by Gasteiger charge is 2.26. The molecule has 5 nitrogen and oxygen atoms in total. The quantitative estimate of drug-likeness (QED) is 0.683. The van der Waals surface area contributed by atoms with Crippen molar-refractivity contribution in [2.45, 2.75) is 19.8 Å². The van der Waals surface area contributed by atoms with Gasteiger partial charge in [0.15, 0.2) is 5.78 Å². The zero-order valence-corrected chi connectivity index (χ0v) is 14.8. The summed E-state index contributed by atoms with van der Waals surface area (Å²) in [5, 5.41) is 0. The summed E-state index contributed by atoms with van der Waals surface area (Å²) >= 11 is 0. The molecule has 0 radical (unpaired) electrons. The highest BCUT2D eigenvalue weighted by atomic mass is 16.1. The van der Waals surface area contributed by atoms with Crippen LogP contribution in [0.4, 0.5) is 5.82 Å². The molecule has 5 heteroatoms. The van der Waals surface area contributed by atoms with Crippen molar-refractivity contribution in [3.63, 3.8) is 0 Å². The fourth-order valence-electron chi connectivity index (χ4n) is 3.53. The van der Waals surface area contributed by atoms with Gasteiger partial charge in [0.2, 0.25) is 0 Å². The van der Waals surface area contributed by atoms with Crippen LogP contribution >= 0.6 is 0 Å². The summed E-state index contributed by atoms with van der Waals surface area (Å²) in [5.41, 5.74) is 2.51. The van der Waals surface area contributed by atoms with E-state index in [2.05, 4.69) is 9.88 Å². The topological polar surface area (TPSA) is 54.7 Å². The van der Waals surface area contributed by atoms with E-state index < -0.39 is 0 Å². The zero-order valence-electron chi connectivity index (χ0n) is 14.8. The van der Waals surface area contributed by atoms with Crippen LogP contribution in [0, 0.1) is 12.8 Å². The molecule has 26 heavy (non-hydrogen) atoms. The molecule has 1 aromatic carbocycles. The average Bonchev–Trinajstić information content (AvgIpc) is 2.68. The molecule has 2 aromatic heterocycles. The van der Waals surface area contributed by atoms with Crippen LogP contribution in [0.15, 0.2) is 59.5 Å². The Morgan fingerprint density at radius 1 is 1.08 bits per heavy atom. The first kappa shape index (κ1) is 16.5. The molecule has 0 bridgehead atoms. The second-order valence-electron chi connectivity index (χ2n) is 6.87. The first-order valence-electron chi connectivity index (χ1n) is 8.96. The largest absolute Gasteiger partial charge is 0.356 e.